The van der Waals surface area contributed by atoms with Gasteiger partial charge in [-0.2, -0.15) is 0 Å². The fraction of sp³-hybridized carbons (Fsp3) is 0.812. The van der Waals surface area contributed by atoms with Crippen LogP contribution in [0.15, 0.2) is 0 Å². The minimum absolute atomic E-state index is 0.186. The maximum atomic E-state index is 12.9. The summed E-state index contributed by atoms with van der Waals surface area (Å²) < 4.78 is 4.57. The minimum Gasteiger partial charge on any atom is -0.453 e. The van der Waals surface area contributed by atoms with Gasteiger partial charge in [-0.25, -0.2) is 4.79 Å². The number of amides is 3. The van der Waals surface area contributed by atoms with Crippen LogP contribution in [0.3, 0.4) is 0 Å². The summed E-state index contributed by atoms with van der Waals surface area (Å²) in [5.74, 6) is -1.98. The van der Waals surface area contributed by atoms with Crippen molar-refractivity contribution < 1.29 is 29.2 Å². The van der Waals surface area contributed by atoms with Gasteiger partial charge in [0.15, 0.2) is 0 Å². The van der Waals surface area contributed by atoms with Crippen LogP contribution in [0.25, 0.3) is 0 Å². The molecule has 0 aliphatic carbocycles. The summed E-state index contributed by atoms with van der Waals surface area (Å²) >= 11 is 0. The van der Waals surface area contributed by atoms with Crippen molar-refractivity contribution in [3.63, 3.8) is 0 Å². The second kappa shape index (κ2) is 9.77. The topological polar surface area (TPSA) is 128 Å². The summed E-state index contributed by atoms with van der Waals surface area (Å²) in [5.41, 5.74) is 0. The molecule has 4 N–H and O–H groups in total. The first kappa shape index (κ1) is 22.2. The van der Waals surface area contributed by atoms with Crippen LogP contribution in [0.1, 0.15) is 40.5 Å². The van der Waals surface area contributed by atoms with Crippen molar-refractivity contribution in [1.82, 2.24) is 15.5 Å². The molecule has 1 aliphatic heterocycles. The van der Waals surface area contributed by atoms with Gasteiger partial charge in [0.1, 0.15) is 12.1 Å². The Balaban J connectivity index is 2.89. The molecular weight excluding hydrogens is 341 g/mol. The molecule has 1 saturated heterocycles. The van der Waals surface area contributed by atoms with Crippen molar-refractivity contribution in [1.29, 1.82) is 0 Å². The maximum Gasteiger partial charge on any atom is 0.475 e. The Hall–Kier alpha value is -1.81. The van der Waals surface area contributed by atoms with E-state index in [9.17, 15) is 24.4 Å². The molecule has 0 radical (unpaired) electrons. The van der Waals surface area contributed by atoms with Crippen LogP contribution in [-0.4, -0.2) is 71.7 Å². The zero-order valence-electron chi connectivity index (χ0n) is 16.1. The Bertz CT molecular complexity index is 506. The van der Waals surface area contributed by atoms with Gasteiger partial charge in [-0.05, 0) is 24.7 Å². The molecule has 26 heavy (non-hydrogen) atoms. The number of alkyl carbamates (subject to hydrolysis) is 1. The van der Waals surface area contributed by atoms with Crippen molar-refractivity contribution in [3.8, 4) is 0 Å². The number of hydrogen-bond donors (Lipinski definition) is 4. The lowest BCUT2D eigenvalue weighted by atomic mass is 9.73. The third kappa shape index (κ3) is 5.60. The highest BCUT2D eigenvalue weighted by Gasteiger charge is 2.40. The smallest absolute Gasteiger partial charge is 0.453 e. The summed E-state index contributed by atoms with van der Waals surface area (Å²) in [6, 6.07) is -1.51. The SMILES string of the molecule is COC(=O)N[C@H](C(=O)N1CCC[C@H]1C(=O)N[C@H](B(O)O)C(C)C)C(C)C. The Kier molecular flexibility index (Phi) is 8.36. The Labute approximate surface area is 154 Å². The average Bonchev–Trinajstić information content (AvgIpc) is 3.05. The summed E-state index contributed by atoms with van der Waals surface area (Å²) in [7, 11) is -0.468. The van der Waals surface area contributed by atoms with Crippen LogP contribution in [0.5, 0.6) is 0 Å². The van der Waals surface area contributed by atoms with Gasteiger partial charge < -0.3 is 30.3 Å². The molecule has 3 atom stereocenters. The van der Waals surface area contributed by atoms with E-state index in [-0.39, 0.29) is 17.7 Å². The molecular formula is C16H30BN3O6. The van der Waals surface area contributed by atoms with E-state index in [1.165, 1.54) is 12.0 Å². The first-order valence-electron chi connectivity index (χ1n) is 8.91. The van der Waals surface area contributed by atoms with E-state index in [1.54, 1.807) is 27.7 Å². The first-order valence-corrected chi connectivity index (χ1v) is 8.91. The average molecular weight is 371 g/mol. The molecule has 1 aliphatic rings. The molecule has 0 saturated carbocycles. The third-order valence-electron chi connectivity index (χ3n) is 4.58. The van der Waals surface area contributed by atoms with Gasteiger partial charge in [0.25, 0.3) is 0 Å². The molecule has 0 aromatic heterocycles. The number of likely N-dealkylation sites (tertiary alicyclic amines) is 1. The van der Waals surface area contributed by atoms with Gasteiger partial charge in [-0.15, -0.1) is 0 Å². The normalized spacial score (nSPS) is 19.3. The van der Waals surface area contributed by atoms with E-state index in [4.69, 9.17) is 0 Å². The summed E-state index contributed by atoms with van der Waals surface area (Å²) in [6.07, 6.45) is 0.425. The molecule has 3 amide bonds. The molecule has 0 unspecified atom stereocenters. The van der Waals surface area contributed by atoms with Gasteiger partial charge in [-0.1, -0.05) is 27.7 Å². The number of hydrogen-bond acceptors (Lipinski definition) is 6. The van der Waals surface area contributed by atoms with Crippen molar-refractivity contribution in [2.45, 2.75) is 58.6 Å². The monoisotopic (exact) mass is 371 g/mol. The van der Waals surface area contributed by atoms with Crippen LogP contribution >= 0.6 is 0 Å². The quantitative estimate of drug-likeness (QED) is 0.447. The van der Waals surface area contributed by atoms with Crippen molar-refractivity contribution in [2.24, 2.45) is 11.8 Å². The van der Waals surface area contributed by atoms with Gasteiger partial charge >= 0.3 is 13.2 Å². The van der Waals surface area contributed by atoms with Crippen molar-refractivity contribution in [2.75, 3.05) is 13.7 Å². The van der Waals surface area contributed by atoms with Crippen LogP contribution in [0, 0.1) is 11.8 Å². The van der Waals surface area contributed by atoms with Gasteiger partial charge in [0, 0.05) is 6.54 Å². The number of nitrogens with zero attached hydrogens (tertiary/aromatic N) is 1. The molecule has 0 spiro atoms. The number of ether oxygens (including phenoxy) is 1. The fourth-order valence-corrected chi connectivity index (χ4v) is 3.03. The molecule has 148 valence electrons. The maximum absolute atomic E-state index is 12.9. The van der Waals surface area contributed by atoms with Crippen molar-refractivity contribution in [3.05, 3.63) is 0 Å². The third-order valence-corrected chi connectivity index (χ3v) is 4.58. The van der Waals surface area contributed by atoms with Crippen LogP contribution < -0.4 is 10.6 Å². The fourth-order valence-electron chi connectivity index (χ4n) is 3.03. The van der Waals surface area contributed by atoms with Gasteiger partial charge in [0.05, 0.1) is 13.1 Å². The highest BCUT2D eigenvalue weighted by Crippen LogP contribution is 2.21. The number of carbonyl (C=O) groups excluding carboxylic acids is 3. The first-order chi connectivity index (χ1) is 12.1. The highest BCUT2D eigenvalue weighted by molar-refractivity contribution is 6.43. The predicted molar refractivity (Wildman–Crippen MR) is 95.9 cm³/mol. The number of nitrogens with one attached hydrogen (secondary N) is 2. The Morgan fingerprint density at radius 2 is 1.73 bits per heavy atom. The zero-order valence-corrected chi connectivity index (χ0v) is 16.1. The number of methoxy groups -OCH3 is 1. The largest absolute Gasteiger partial charge is 0.475 e. The number of rotatable bonds is 7. The van der Waals surface area contributed by atoms with Gasteiger partial charge in [-0.3, -0.25) is 9.59 Å². The van der Waals surface area contributed by atoms with Crippen LogP contribution in [0.2, 0.25) is 0 Å². The molecule has 1 rings (SSSR count). The molecule has 0 bridgehead atoms. The lowest BCUT2D eigenvalue weighted by Crippen LogP contribution is -2.58. The lowest BCUT2D eigenvalue weighted by Gasteiger charge is -2.31. The second-order valence-corrected chi connectivity index (χ2v) is 7.24. The predicted octanol–water partition coefficient (Wildman–Crippen LogP) is -0.489. The van der Waals surface area contributed by atoms with Crippen LogP contribution in [-0.2, 0) is 14.3 Å². The number of carbonyl (C=O) groups is 3. The second-order valence-electron chi connectivity index (χ2n) is 7.24. The standard InChI is InChI=1S/C16H30BN3O6/c1-9(2)12(18-16(23)26-5)15(22)20-8-6-7-11(20)14(21)19-13(10(3)4)17(24)25/h9-13,24-25H,6-8H2,1-5H3,(H,18,23)(H,19,21)/t11-,12-,13-/m0/s1. The molecule has 9 nitrogen and oxygen atoms in total. The van der Waals surface area contributed by atoms with E-state index in [1.807, 2.05) is 0 Å². The lowest BCUT2D eigenvalue weighted by molar-refractivity contribution is -0.141. The van der Waals surface area contributed by atoms with E-state index < -0.39 is 37.1 Å². The molecule has 1 fully saturated rings. The molecule has 1 heterocycles. The van der Waals surface area contributed by atoms with Crippen LogP contribution in [0.4, 0.5) is 4.79 Å². The van der Waals surface area contributed by atoms with Gasteiger partial charge in [0.2, 0.25) is 11.8 Å². The molecule has 10 heteroatoms. The zero-order chi connectivity index (χ0) is 20.0. The van der Waals surface area contributed by atoms with Crippen molar-refractivity contribution >= 4 is 25.0 Å². The Morgan fingerprint density at radius 1 is 1.12 bits per heavy atom. The summed E-state index contributed by atoms with van der Waals surface area (Å²) in [5, 5.41) is 24.0. The van der Waals surface area contributed by atoms with E-state index in [2.05, 4.69) is 15.4 Å². The summed E-state index contributed by atoms with van der Waals surface area (Å²) in [4.78, 5) is 38.5. The van der Waals surface area contributed by atoms with E-state index >= 15 is 0 Å². The van der Waals surface area contributed by atoms with E-state index in [0.717, 1.165) is 0 Å². The minimum atomic E-state index is -1.69. The molecule has 0 aromatic carbocycles. The Morgan fingerprint density at radius 3 is 2.19 bits per heavy atom. The summed E-state index contributed by atoms with van der Waals surface area (Å²) in [6.45, 7) is 7.51. The van der Waals surface area contributed by atoms with E-state index in [0.29, 0.717) is 19.4 Å². The molecule has 0 aromatic rings. The highest BCUT2D eigenvalue weighted by atomic mass is 16.5.